The first-order valence-electron chi connectivity index (χ1n) is 17.5. The first-order chi connectivity index (χ1) is 23.3. The third-order valence-electron chi connectivity index (χ3n) is 9.74. The number of thiophene rings is 6. The summed E-state index contributed by atoms with van der Waals surface area (Å²) < 4.78 is 11.5. The second-order valence-electron chi connectivity index (χ2n) is 17.9. The van der Waals surface area contributed by atoms with Crippen molar-refractivity contribution in [2.75, 3.05) is 0 Å². The first-order valence-corrected chi connectivity index (χ1v) is 22.4. The summed E-state index contributed by atoms with van der Waals surface area (Å²) in [5.41, 5.74) is 8.97. The predicted octanol–water partition coefficient (Wildman–Crippen LogP) is 16.9. The van der Waals surface area contributed by atoms with Gasteiger partial charge in [0.05, 0.1) is 18.8 Å². The van der Waals surface area contributed by atoms with Gasteiger partial charge in [-0.05, 0) is 79.3 Å². The number of rotatable bonds is 3. The molecule has 6 heterocycles. The lowest BCUT2D eigenvalue weighted by Gasteiger charge is -2.29. The number of hydrogen-bond acceptors (Lipinski definition) is 6. The van der Waals surface area contributed by atoms with Crippen molar-refractivity contribution in [2.45, 2.75) is 105 Å². The van der Waals surface area contributed by atoms with Gasteiger partial charge in [0.25, 0.3) is 0 Å². The summed E-state index contributed by atoms with van der Waals surface area (Å²) in [5, 5.41) is 0. The van der Waals surface area contributed by atoms with Crippen LogP contribution in [0.3, 0.4) is 0 Å². The van der Waals surface area contributed by atoms with Crippen LogP contribution in [-0.4, -0.2) is 0 Å². The highest BCUT2D eigenvalue weighted by Gasteiger charge is 2.30. The van der Waals surface area contributed by atoms with Crippen molar-refractivity contribution in [1.82, 2.24) is 0 Å². The normalized spacial score (nSPS) is 13.6. The molecule has 0 saturated carbocycles. The largest absolute Gasteiger partial charge is 0.133 e. The molecule has 6 heteroatoms. The summed E-state index contributed by atoms with van der Waals surface area (Å²) in [5.74, 6) is 0. The zero-order valence-corrected chi connectivity index (χ0v) is 36.1. The first kappa shape index (κ1) is 34.7. The Balaban J connectivity index is 1.21. The summed E-state index contributed by atoms with van der Waals surface area (Å²) in [6, 6.07) is 23.8. The molecule has 0 atom stereocenters. The maximum Gasteiger partial charge on any atom is 0.0636 e. The van der Waals surface area contributed by atoms with Gasteiger partial charge >= 0.3 is 0 Å². The summed E-state index contributed by atoms with van der Waals surface area (Å²) >= 11 is 11.9. The summed E-state index contributed by atoms with van der Waals surface area (Å²) in [6.45, 7) is 28.2. The molecule has 0 fully saturated rings. The van der Waals surface area contributed by atoms with Crippen molar-refractivity contribution in [1.29, 1.82) is 0 Å². The van der Waals surface area contributed by atoms with E-state index < -0.39 is 0 Å². The van der Waals surface area contributed by atoms with E-state index in [1.54, 1.807) is 0 Å². The fourth-order valence-corrected chi connectivity index (χ4v) is 15.6. The van der Waals surface area contributed by atoms with Crippen molar-refractivity contribution in [3.8, 4) is 30.6 Å². The standard InChI is InChI=1S/C44H46S6/c1-41(2,3)23-15-13-16-24(42(4,5)6)35(23)29-21-33-39(49-29)37-31(45-33)19-27(47-37)28-20-32-38(48-28)40-34(46-32)22-30(50-40)36-25(43(7,8)9)17-14-18-26(36)44(10,11)12/h13-22H,1-12H3. The van der Waals surface area contributed by atoms with Crippen LogP contribution in [0.1, 0.15) is 105 Å². The molecule has 0 aliphatic rings. The molecule has 0 N–H and O–H groups in total. The molecule has 0 nitrogen and oxygen atoms in total. The van der Waals surface area contributed by atoms with E-state index in [1.165, 1.54) is 90.5 Å². The average Bonchev–Trinajstić information content (AvgIpc) is 3.82. The molecule has 0 bridgehead atoms. The highest BCUT2D eigenvalue weighted by molar-refractivity contribution is 7.42. The SMILES string of the molecule is CC(C)(C)c1cccc(C(C)(C)C)c1-c1cc2sc3cc(-c4cc5sc6cc(-c7c(C(C)(C)C)cccc7C(C)(C)C)sc6c5s4)sc3c2s1. The Kier molecular flexibility index (Phi) is 8.05. The fraction of sp³-hybridized carbons (Fsp3) is 0.364. The van der Waals surface area contributed by atoms with Gasteiger partial charge in [0, 0.05) is 38.3 Å². The molecule has 0 aliphatic heterocycles. The molecule has 2 aromatic carbocycles. The van der Waals surface area contributed by atoms with E-state index >= 15 is 0 Å². The van der Waals surface area contributed by atoms with Gasteiger partial charge in [-0.2, -0.15) is 0 Å². The van der Waals surface area contributed by atoms with Gasteiger partial charge in [-0.3, -0.25) is 0 Å². The van der Waals surface area contributed by atoms with Gasteiger partial charge in [0.1, 0.15) is 0 Å². The van der Waals surface area contributed by atoms with Gasteiger partial charge < -0.3 is 0 Å². The topological polar surface area (TPSA) is 0 Å². The highest BCUT2D eigenvalue weighted by Crippen LogP contribution is 2.54. The Morgan fingerprint density at radius 3 is 0.820 bits per heavy atom. The molecule has 258 valence electrons. The average molecular weight is 767 g/mol. The second kappa shape index (κ2) is 11.6. The van der Waals surface area contributed by atoms with Crippen LogP contribution in [0, 0.1) is 0 Å². The Labute approximate surface area is 321 Å². The van der Waals surface area contributed by atoms with Gasteiger partial charge in [-0.1, -0.05) is 119 Å². The lowest BCUT2D eigenvalue weighted by molar-refractivity contribution is 0.571. The fourth-order valence-electron chi connectivity index (χ4n) is 7.30. The molecular weight excluding hydrogens is 721 g/mol. The van der Waals surface area contributed by atoms with E-state index in [1.807, 2.05) is 68.0 Å². The molecule has 0 aliphatic carbocycles. The van der Waals surface area contributed by atoms with Crippen LogP contribution < -0.4 is 0 Å². The lowest BCUT2D eigenvalue weighted by atomic mass is 9.76. The number of benzene rings is 2. The van der Waals surface area contributed by atoms with Crippen LogP contribution in [0.4, 0.5) is 0 Å². The monoisotopic (exact) mass is 766 g/mol. The van der Waals surface area contributed by atoms with Crippen LogP contribution in [0.2, 0.25) is 0 Å². The van der Waals surface area contributed by atoms with Crippen molar-refractivity contribution < 1.29 is 0 Å². The van der Waals surface area contributed by atoms with Gasteiger partial charge in [0.15, 0.2) is 0 Å². The molecule has 0 saturated heterocycles. The Hall–Kier alpha value is -2.32. The minimum atomic E-state index is 0.0745. The van der Waals surface area contributed by atoms with Crippen LogP contribution in [-0.2, 0) is 21.7 Å². The minimum Gasteiger partial charge on any atom is -0.133 e. The predicted molar refractivity (Wildman–Crippen MR) is 235 cm³/mol. The van der Waals surface area contributed by atoms with Crippen molar-refractivity contribution in [3.63, 3.8) is 0 Å². The van der Waals surface area contributed by atoms with E-state index in [2.05, 4.69) is 144 Å². The van der Waals surface area contributed by atoms with Crippen molar-refractivity contribution >= 4 is 106 Å². The van der Waals surface area contributed by atoms with Gasteiger partial charge in [-0.25, -0.2) is 0 Å². The van der Waals surface area contributed by atoms with Gasteiger partial charge in [-0.15, -0.1) is 68.0 Å². The van der Waals surface area contributed by atoms with E-state index in [9.17, 15) is 0 Å². The molecule has 0 spiro atoms. The van der Waals surface area contributed by atoms with Crippen LogP contribution in [0.5, 0.6) is 0 Å². The van der Waals surface area contributed by atoms with E-state index in [0.717, 1.165) is 0 Å². The quantitative estimate of drug-likeness (QED) is 0.168. The molecule has 50 heavy (non-hydrogen) atoms. The van der Waals surface area contributed by atoms with E-state index in [-0.39, 0.29) is 21.7 Å². The maximum atomic E-state index is 2.48. The highest BCUT2D eigenvalue weighted by atomic mass is 32.1. The molecule has 0 radical (unpaired) electrons. The van der Waals surface area contributed by atoms with Crippen molar-refractivity contribution in [3.05, 3.63) is 82.9 Å². The Morgan fingerprint density at radius 1 is 0.320 bits per heavy atom. The van der Waals surface area contributed by atoms with Crippen LogP contribution in [0.15, 0.2) is 60.7 Å². The van der Waals surface area contributed by atoms with Crippen molar-refractivity contribution in [2.24, 2.45) is 0 Å². The van der Waals surface area contributed by atoms with Crippen LogP contribution in [0.25, 0.3) is 68.2 Å². The second-order valence-corrected chi connectivity index (χ2v) is 24.3. The third-order valence-corrected chi connectivity index (χ3v) is 17.5. The molecule has 8 aromatic rings. The van der Waals surface area contributed by atoms with E-state index in [0.29, 0.717) is 0 Å². The Bertz CT molecular complexity index is 2320. The van der Waals surface area contributed by atoms with Crippen LogP contribution >= 0.6 is 68.0 Å². The Morgan fingerprint density at radius 2 is 0.560 bits per heavy atom. The lowest BCUT2D eigenvalue weighted by Crippen LogP contribution is -2.18. The zero-order chi connectivity index (χ0) is 35.7. The molecule has 6 aromatic heterocycles. The van der Waals surface area contributed by atoms with Gasteiger partial charge in [0.2, 0.25) is 0 Å². The summed E-state index contributed by atoms with van der Waals surface area (Å²) in [6.07, 6.45) is 0. The summed E-state index contributed by atoms with van der Waals surface area (Å²) in [7, 11) is 0. The molecule has 8 rings (SSSR count). The number of hydrogen-bond donors (Lipinski definition) is 0. The molecular formula is C44H46S6. The third kappa shape index (κ3) is 5.77. The minimum absolute atomic E-state index is 0.0745. The molecule has 0 unspecified atom stereocenters. The maximum absolute atomic E-state index is 2.48. The number of fused-ring (bicyclic) bond motifs is 6. The smallest absolute Gasteiger partial charge is 0.0636 e. The van der Waals surface area contributed by atoms with E-state index in [4.69, 9.17) is 0 Å². The summed E-state index contributed by atoms with van der Waals surface area (Å²) in [4.78, 5) is 5.63. The zero-order valence-electron chi connectivity index (χ0n) is 31.2. The molecule has 0 amide bonds.